The molecule has 4 rings (SSSR count). The van der Waals surface area contributed by atoms with Crippen LogP contribution in [-0.4, -0.2) is 31.3 Å². The molecule has 0 spiro atoms. The topological polar surface area (TPSA) is 86.2 Å². The predicted octanol–water partition coefficient (Wildman–Crippen LogP) is 5.50. The minimum Gasteiger partial charge on any atom is -0.497 e. The van der Waals surface area contributed by atoms with Gasteiger partial charge in [-0.1, -0.05) is 54.6 Å². The van der Waals surface area contributed by atoms with E-state index in [1.165, 1.54) is 6.21 Å². The molecule has 0 aromatic heterocycles. The third kappa shape index (κ3) is 7.05. The predicted molar refractivity (Wildman–Crippen MR) is 142 cm³/mol. The number of hydrogen-bond donors (Lipinski definition) is 1. The summed E-state index contributed by atoms with van der Waals surface area (Å²) in [4.78, 5) is 24.8. The highest BCUT2D eigenvalue weighted by molar-refractivity contribution is 5.91. The number of esters is 1. The van der Waals surface area contributed by atoms with Gasteiger partial charge in [0.05, 0.1) is 18.9 Å². The van der Waals surface area contributed by atoms with Crippen molar-refractivity contribution in [3.05, 3.63) is 114 Å². The van der Waals surface area contributed by atoms with Gasteiger partial charge < -0.3 is 14.2 Å². The highest BCUT2D eigenvalue weighted by Crippen LogP contribution is 2.22. The molecule has 0 fully saturated rings. The van der Waals surface area contributed by atoms with Gasteiger partial charge >= 0.3 is 5.97 Å². The minimum absolute atomic E-state index is 0.353. The van der Waals surface area contributed by atoms with Crippen LogP contribution in [0.1, 0.15) is 22.8 Å². The van der Waals surface area contributed by atoms with Gasteiger partial charge in [0.25, 0.3) is 5.91 Å². The van der Waals surface area contributed by atoms with Gasteiger partial charge in [-0.2, -0.15) is 5.10 Å². The molecular formula is C30H26N2O5. The Morgan fingerprint density at radius 3 is 2.16 bits per heavy atom. The number of hydrogen-bond acceptors (Lipinski definition) is 6. The second-order valence-electron chi connectivity index (χ2n) is 8.08. The molecule has 0 saturated carbocycles. The summed E-state index contributed by atoms with van der Waals surface area (Å²) in [6.07, 6.45) is 0.709. The van der Waals surface area contributed by atoms with Crippen molar-refractivity contribution in [2.75, 3.05) is 7.11 Å². The van der Waals surface area contributed by atoms with Crippen LogP contribution in [0.5, 0.6) is 17.2 Å². The second kappa shape index (κ2) is 12.2. The fraction of sp³-hybridized carbons (Fsp3) is 0.100. The maximum Gasteiger partial charge on any atom is 0.343 e. The number of rotatable bonds is 9. The normalized spacial score (nSPS) is 11.5. The monoisotopic (exact) mass is 494 g/mol. The molecule has 0 aliphatic carbocycles. The second-order valence-corrected chi connectivity index (χ2v) is 8.08. The van der Waals surface area contributed by atoms with Crippen LogP contribution < -0.4 is 19.6 Å². The lowest BCUT2D eigenvalue weighted by Crippen LogP contribution is -2.33. The summed E-state index contributed by atoms with van der Waals surface area (Å²) in [5.41, 5.74) is 5.68. The van der Waals surface area contributed by atoms with E-state index in [9.17, 15) is 9.59 Å². The van der Waals surface area contributed by atoms with E-state index in [2.05, 4.69) is 10.5 Å². The number of nitrogens with one attached hydrogen (secondary N) is 1. The number of carbonyl (C=O) groups is 2. The largest absolute Gasteiger partial charge is 0.497 e. The number of benzene rings is 4. The Morgan fingerprint density at radius 1 is 0.784 bits per heavy atom. The maximum atomic E-state index is 12.4. The third-order valence-corrected chi connectivity index (χ3v) is 5.43. The third-order valence-electron chi connectivity index (χ3n) is 5.43. The van der Waals surface area contributed by atoms with E-state index in [-0.39, 0.29) is 0 Å². The first-order chi connectivity index (χ1) is 18.0. The lowest BCUT2D eigenvalue weighted by molar-refractivity contribution is -0.127. The molecule has 4 aromatic rings. The van der Waals surface area contributed by atoms with Crippen LogP contribution in [0.2, 0.25) is 0 Å². The van der Waals surface area contributed by atoms with Gasteiger partial charge in [-0.15, -0.1) is 0 Å². The molecule has 0 saturated heterocycles. The number of hydrazone groups is 1. The Hall–Kier alpha value is -4.91. The molecule has 186 valence electrons. The Kier molecular flexibility index (Phi) is 8.29. The molecule has 7 nitrogen and oxygen atoms in total. The summed E-state index contributed by atoms with van der Waals surface area (Å²) in [5, 5.41) is 4.00. The van der Waals surface area contributed by atoms with E-state index < -0.39 is 18.0 Å². The van der Waals surface area contributed by atoms with Gasteiger partial charge in [0.2, 0.25) is 0 Å². The van der Waals surface area contributed by atoms with E-state index >= 15 is 0 Å². The van der Waals surface area contributed by atoms with Gasteiger partial charge in [-0.05, 0) is 72.1 Å². The summed E-state index contributed by atoms with van der Waals surface area (Å²) in [6.45, 7) is 1.65. The van der Waals surface area contributed by atoms with E-state index in [4.69, 9.17) is 14.2 Å². The van der Waals surface area contributed by atoms with Crippen molar-refractivity contribution in [3.8, 4) is 28.4 Å². The molecule has 1 unspecified atom stereocenters. The van der Waals surface area contributed by atoms with Crippen LogP contribution in [0.25, 0.3) is 11.1 Å². The van der Waals surface area contributed by atoms with Crippen molar-refractivity contribution >= 4 is 18.1 Å². The summed E-state index contributed by atoms with van der Waals surface area (Å²) in [7, 11) is 1.56. The Labute approximate surface area is 215 Å². The summed E-state index contributed by atoms with van der Waals surface area (Å²) in [6, 6.07) is 31.0. The molecular weight excluding hydrogens is 468 g/mol. The molecule has 1 amide bonds. The number of carbonyl (C=O) groups excluding carboxylic acids is 2. The molecule has 0 aliphatic rings. The van der Waals surface area contributed by atoms with Crippen LogP contribution in [0.4, 0.5) is 0 Å². The summed E-state index contributed by atoms with van der Waals surface area (Å²) >= 11 is 0. The van der Waals surface area contributed by atoms with Gasteiger partial charge in [-0.3, -0.25) is 4.79 Å². The van der Waals surface area contributed by atoms with Crippen LogP contribution >= 0.6 is 0 Å². The number of ether oxygens (including phenoxy) is 3. The van der Waals surface area contributed by atoms with Crippen LogP contribution in [0.3, 0.4) is 0 Å². The van der Waals surface area contributed by atoms with E-state index in [0.717, 1.165) is 11.1 Å². The van der Waals surface area contributed by atoms with Crippen LogP contribution in [0.15, 0.2) is 108 Å². The van der Waals surface area contributed by atoms with E-state index in [0.29, 0.717) is 28.4 Å². The Bertz CT molecular complexity index is 1370. The SMILES string of the molecule is COc1ccc(C(=O)Oc2cccc(/C=N/NC(=O)C(C)Oc3ccc(-c4ccccc4)cc3)c2)cc1. The Balaban J connectivity index is 1.29. The zero-order chi connectivity index (χ0) is 26.0. The zero-order valence-corrected chi connectivity index (χ0v) is 20.5. The lowest BCUT2D eigenvalue weighted by atomic mass is 10.1. The first kappa shape index (κ1) is 25.2. The molecule has 37 heavy (non-hydrogen) atoms. The number of methoxy groups -OCH3 is 1. The first-order valence-electron chi connectivity index (χ1n) is 11.6. The molecule has 1 atom stereocenters. The molecule has 4 aromatic carbocycles. The van der Waals surface area contributed by atoms with Crippen molar-refractivity contribution in [2.45, 2.75) is 13.0 Å². The van der Waals surface area contributed by atoms with Crippen molar-refractivity contribution in [2.24, 2.45) is 5.10 Å². The molecule has 0 heterocycles. The summed E-state index contributed by atoms with van der Waals surface area (Å²) < 4.78 is 16.3. The highest BCUT2D eigenvalue weighted by atomic mass is 16.5. The van der Waals surface area contributed by atoms with E-state index in [1.54, 1.807) is 62.6 Å². The van der Waals surface area contributed by atoms with Gasteiger partial charge in [0, 0.05) is 0 Å². The van der Waals surface area contributed by atoms with Gasteiger partial charge in [-0.25, -0.2) is 10.2 Å². The van der Waals surface area contributed by atoms with Crippen LogP contribution in [-0.2, 0) is 4.79 Å². The van der Waals surface area contributed by atoms with Crippen LogP contribution in [0, 0.1) is 0 Å². The molecule has 0 bridgehead atoms. The first-order valence-corrected chi connectivity index (χ1v) is 11.6. The smallest absolute Gasteiger partial charge is 0.343 e. The average Bonchev–Trinajstić information content (AvgIpc) is 2.94. The average molecular weight is 495 g/mol. The zero-order valence-electron chi connectivity index (χ0n) is 20.5. The van der Waals surface area contributed by atoms with Crippen molar-refractivity contribution < 1.29 is 23.8 Å². The van der Waals surface area contributed by atoms with E-state index in [1.807, 2.05) is 54.6 Å². The highest BCUT2D eigenvalue weighted by Gasteiger charge is 2.14. The fourth-order valence-corrected chi connectivity index (χ4v) is 3.43. The number of nitrogens with zero attached hydrogens (tertiary/aromatic N) is 1. The standard InChI is InChI=1S/C30H26N2O5/c1-21(36-27-17-11-24(12-18-27)23-8-4-3-5-9-23)29(33)32-31-20-22-7-6-10-28(19-22)37-30(34)25-13-15-26(35-2)16-14-25/h3-21H,1-2H3,(H,32,33)/b31-20+. The Morgan fingerprint density at radius 2 is 1.46 bits per heavy atom. The van der Waals surface area contributed by atoms with Gasteiger partial charge in [0.1, 0.15) is 17.2 Å². The van der Waals surface area contributed by atoms with Crippen molar-refractivity contribution in [1.29, 1.82) is 0 Å². The summed E-state index contributed by atoms with van der Waals surface area (Å²) in [5.74, 6) is 0.695. The minimum atomic E-state index is -0.753. The lowest BCUT2D eigenvalue weighted by Gasteiger charge is -2.13. The molecule has 1 N–H and O–H groups in total. The fourth-order valence-electron chi connectivity index (χ4n) is 3.43. The maximum absolute atomic E-state index is 12.4. The van der Waals surface area contributed by atoms with Crippen molar-refractivity contribution in [3.63, 3.8) is 0 Å². The number of amides is 1. The quantitative estimate of drug-likeness (QED) is 0.144. The molecule has 0 radical (unpaired) electrons. The van der Waals surface area contributed by atoms with Gasteiger partial charge in [0.15, 0.2) is 6.10 Å². The molecule has 0 aliphatic heterocycles. The van der Waals surface area contributed by atoms with Crippen molar-refractivity contribution in [1.82, 2.24) is 5.43 Å². The molecule has 7 heteroatoms.